The molecule has 0 aromatic heterocycles. The van der Waals surface area contributed by atoms with Gasteiger partial charge in [0.05, 0.1) is 23.3 Å². The summed E-state index contributed by atoms with van der Waals surface area (Å²) in [6.45, 7) is 2.08. The van der Waals surface area contributed by atoms with Gasteiger partial charge < -0.3 is 0 Å². The van der Waals surface area contributed by atoms with Gasteiger partial charge in [-0.25, -0.2) is 9.96 Å². The second-order valence-electron chi connectivity index (χ2n) is 6.42. The SMILES string of the molecule is CCC[C@H]1[C@@H]2C(=O)N(c3ccccc3)C(=O)[C@H]2ON1c1ccccc1. The molecule has 0 saturated carbocycles. The third kappa shape index (κ3) is 2.51. The van der Waals surface area contributed by atoms with Crippen molar-refractivity contribution in [3.05, 3.63) is 60.7 Å². The van der Waals surface area contributed by atoms with E-state index in [0.717, 1.165) is 18.5 Å². The summed E-state index contributed by atoms with van der Waals surface area (Å²) in [6.07, 6.45) is 0.954. The van der Waals surface area contributed by atoms with Crippen molar-refractivity contribution in [3.8, 4) is 0 Å². The molecule has 2 saturated heterocycles. The fourth-order valence-corrected chi connectivity index (χ4v) is 3.74. The number of hydrogen-bond donors (Lipinski definition) is 0. The number of hydrogen-bond acceptors (Lipinski definition) is 4. The summed E-state index contributed by atoms with van der Waals surface area (Å²) >= 11 is 0. The highest BCUT2D eigenvalue weighted by Gasteiger charge is 2.59. The Kier molecular flexibility index (Phi) is 4.01. The molecule has 2 aliphatic heterocycles. The molecular formula is C20H20N2O3. The molecule has 0 unspecified atom stereocenters. The van der Waals surface area contributed by atoms with Crippen LogP contribution in [0.1, 0.15) is 19.8 Å². The van der Waals surface area contributed by atoms with Crippen molar-refractivity contribution >= 4 is 23.2 Å². The molecule has 2 aliphatic rings. The van der Waals surface area contributed by atoms with Crippen molar-refractivity contribution < 1.29 is 14.4 Å². The predicted octanol–water partition coefficient (Wildman–Crippen LogP) is 3.17. The minimum absolute atomic E-state index is 0.137. The van der Waals surface area contributed by atoms with Crippen molar-refractivity contribution in [2.45, 2.75) is 31.9 Å². The van der Waals surface area contributed by atoms with Crippen LogP contribution in [0, 0.1) is 5.92 Å². The predicted molar refractivity (Wildman–Crippen MR) is 94.9 cm³/mol. The molecule has 2 amide bonds. The number of rotatable bonds is 4. The molecule has 4 rings (SSSR count). The summed E-state index contributed by atoms with van der Waals surface area (Å²) in [4.78, 5) is 33.2. The van der Waals surface area contributed by atoms with Gasteiger partial charge in [0.15, 0.2) is 6.10 Å². The minimum Gasteiger partial charge on any atom is -0.273 e. The number of imide groups is 1. The van der Waals surface area contributed by atoms with Crippen molar-refractivity contribution in [1.29, 1.82) is 0 Å². The summed E-state index contributed by atoms with van der Waals surface area (Å²) < 4.78 is 0. The summed E-state index contributed by atoms with van der Waals surface area (Å²) in [6, 6.07) is 18.6. The van der Waals surface area contributed by atoms with Crippen molar-refractivity contribution in [2.24, 2.45) is 5.92 Å². The van der Waals surface area contributed by atoms with E-state index in [2.05, 4.69) is 6.92 Å². The lowest BCUT2D eigenvalue weighted by molar-refractivity contribution is -0.126. The van der Waals surface area contributed by atoms with Crippen LogP contribution < -0.4 is 9.96 Å². The molecule has 5 heteroatoms. The Bertz CT molecular complexity index is 778. The molecule has 2 heterocycles. The van der Waals surface area contributed by atoms with Crippen LogP contribution in [0.15, 0.2) is 60.7 Å². The van der Waals surface area contributed by atoms with Crippen molar-refractivity contribution in [1.82, 2.24) is 0 Å². The molecule has 0 spiro atoms. The van der Waals surface area contributed by atoms with Gasteiger partial charge in [0, 0.05) is 0 Å². The lowest BCUT2D eigenvalue weighted by atomic mass is 9.93. The number of fused-ring (bicyclic) bond motifs is 1. The largest absolute Gasteiger partial charge is 0.273 e. The van der Waals surface area contributed by atoms with E-state index in [1.165, 1.54) is 4.90 Å². The lowest BCUT2D eigenvalue weighted by Crippen LogP contribution is -2.40. The molecule has 0 radical (unpaired) electrons. The molecule has 0 aliphatic carbocycles. The quantitative estimate of drug-likeness (QED) is 0.805. The maximum Gasteiger partial charge on any atom is 0.266 e. The number of amides is 2. The first kappa shape index (κ1) is 15.8. The standard InChI is InChI=1S/C20H20N2O3/c1-2-9-16-17-18(25-22(16)15-12-7-4-8-13-15)20(24)21(19(17)23)14-10-5-3-6-11-14/h3-8,10-13,16-18H,2,9H2,1H3/t16-,17-,18-/m0/s1. The van der Waals surface area contributed by atoms with Gasteiger partial charge in [-0.1, -0.05) is 49.7 Å². The van der Waals surface area contributed by atoms with E-state index < -0.39 is 12.0 Å². The normalized spacial score (nSPS) is 25.6. The molecule has 0 bridgehead atoms. The average Bonchev–Trinajstić information content (AvgIpc) is 3.13. The third-order valence-electron chi connectivity index (χ3n) is 4.85. The van der Waals surface area contributed by atoms with E-state index in [1.54, 1.807) is 17.2 Å². The first-order valence-corrected chi connectivity index (χ1v) is 8.66. The number of carbonyl (C=O) groups excluding carboxylic acids is 2. The molecule has 2 aromatic carbocycles. The van der Waals surface area contributed by atoms with Gasteiger partial charge in [-0.05, 0) is 30.7 Å². The summed E-state index contributed by atoms with van der Waals surface area (Å²) in [5.74, 6) is -0.910. The maximum atomic E-state index is 13.1. The topological polar surface area (TPSA) is 49.9 Å². The van der Waals surface area contributed by atoms with Gasteiger partial charge in [-0.2, -0.15) is 0 Å². The van der Waals surface area contributed by atoms with Crippen molar-refractivity contribution in [2.75, 3.05) is 9.96 Å². The maximum absolute atomic E-state index is 13.1. The first-order valence-electron chi connectivity index (χ1n) is 8.66. The number of benzene rings is 2. The Morgan fingerprint density at radius 3 is 2.08 bits per heavy atom. The number of nitrogens with zero attached hydrogens (tertiary/aromatic N) is 2. The van der Waals surface area contributed by atoms with E-state index in [4.69, 9.17) is 4.84 Å². The smallest absolute Gasteiger partial charge is 0.266 e. The van der Waals surface area contributed by atoms with Gasteiger partial charge in [-0.15, -0.1) is 0 Å². The van der Waals surface area contributed by atoms with E-state index in [-0.39, 0.29) is 17.9 Å². The Morgan fingerprint density at radius 1 is 0.880 bits per heavy atom. The fraction of sp³-hybridized carbons (Fsp3) is 0.300. The summed E-state index contributed by atoms with van der Waals surface area (Å²) in [5, 5.41) is 1.76. The molecule has 25 heavy (non-hydrogen) atoms. The summed E-state index contributed by atoms with van der Waals surface area (Å²) in [7, 11) is 0. The second kappa shape index (κ2) is 6.33. The lowest BCUT2D eigenvalue weighted by Gasteiger charge is -2.28. The number of anilines is 2. The number of hydroxylamine groups is 1. The molecule has 3 atom stereocenters. The van der Waals surface area contributed by atoms with Crippen LogP contribution in [-0.2, 0) is 14.4 Å². The highest BCUT2D eigenvalue weighted by atomic mass is 16.7. The zero-order valence-corrected chi connectivity index (χ0v) is 14.0. The minimum atomic E-state index is -0.746. The van der Waals surface area contributed by atoms with Crippen LogP contribution in [-0.4, -0.2) is 24.0 Å². The highest BCUT2D eigenvalue weighted by Crippen LogP contribution is 2.41. The van der Waals surface area contributed by atoms with E-state index in [1.807, 2.05) is 48.5 Å². The molecule has 0 N–H and O–H groups in total. The van der Waals surface area contributed by atoms with E-state index in [9.17, 15) is 9.59 Å². The summed E-state index contributed by atoms with van der Waals surface area (Å²) in [5.41, 5.74) is 1.49. The zero-order chi connectivity index (χ0) is 17.4. The van der Waals surface area contributed by atoms with Gasteiger partial charge in [0.25, 0.3) is 5.91 Å². The third-order valence-corrected chi connectivity index (χ3v) is 4.85. The van der Waals surface area contributed by atoms with Gasteiger partial charge in [-0.3, -0.25) is 14.4 Å². The van der Waals surface area contributed by atoms with Gasteiger partial charge in [0.1, 0.15) is 0 Å². The van der Waals surface area contributed by atoms with E-state index in [0.29, 0.717) is 5.69 Å². The Labute approximate surface area is 146 Å². The second-order valence-corrected chi connectivity index (χ2v) is 6.42. The van der Waals surface area contributed by atoms with Crippen LogP contribution in [0.25, 0.3) is 0 Å². The first-order chi connectivity index (χ1) is 12.2. The fourth-order valence-electron chi connectivity index (χ4n) is 3.74. The molecule has 5 nitrogen and oxygen atoms in total. The average molecular weight is 336 g/mol. The van der Waals surface area contributed by atoms with Crippen LogP contribution in [0.3, 0.4) is 0 Å². The zero-order valence-electron chi connectivity index (χ0n) is 14.0. The molecule has 128 valence electrons. The molecule has 2 fully saturated rings. The van der Waals surface area contributed by atoms with Crippen LogP contribution in [0.2, 0.25) is 0 Å². The number of carbonyl (C=O) groups is 2. The monoisotopic (exact) mass is 336 g/mol. The van der Waals surface area contributed by atoms with Crippen LogP contribution >= 0.6 is 0 Å². The highest BCUT2D eigenvalue weighted by molar-refractivity contribution is 6.23. The van der Waals surface area contributed by atoms with Crippen LogP contribution in [0.4, 0.5) is 11.4 Å². The Balaban J connectivity index is 1.68. The Morgan fingerprint density at radius 2 is 1.48 bits per heavy atom. The van der Waals surface area contributed by atoms with Crippen LogP contribution in [0.5, 0.6) is 0 Å². The molecule has 2 aromatic rings. The Hall–Kier alpha value is -2.66. The van der Waals surface area contributed by atoms with E-state index >= 15 is 0 Å². The van der Waals surface area contributed by atoms with Crippen molar-refractivity contribution in [3.63, 3.8) is 0 Å². The van der Waals surface area contributed by atoms with Gasteiger partial charge >= 0.3 is 0 Å². The number of para-hydroxylation sites is 2. The molecular weight excluding hydrogens is 316 g/mol. The van der Waals surface area contributed by atoms with Gasteiger partial charge in [0.2, 0.25) is 5.91 Å².